The molecule has 3 heterocycles. The Balaban J connectivity index is 1.74. The van der Waals surface area contributed by atoms with Crippen LogP contribution in [0.15, 0.2) is 36.5 Å². The summed E-state index contributed by atoms with van der Waals surface area (Å²) in [5, 5.41) is 1.29. The first-order valence-corrected chi connectivity index (χ1v) is 9.54. The second kappa shape index (κ2) is 7.12. The van der Waals surface area contributed by atoms with Crippen LogP contribution in [0.25, 0.3) is 10.9 Å². The first-order valence-electron chi connectivity index (χ1n) is 9.54. The zero-order chi connectivity index (χ0) is 18.1. The zero-order valence-electron chi connectivity index (χ0n) is 16.0. The third-order valence-electron chi connectivity index (χ3n) is 5.62. The molecule has 0 saturated carbocycles. The molecule has 136 valence electrons. The predicted molar refractivity (Wildman–Crippen MR) is 107 cm³/mol. The summed E-state index contributed by atoms with van der Waals surface area (Å²) in [6.07, 6.45) is 3.03. The summed E-state index contributed by atoms with van der Waals surface area (Å²) < 4.78 is 7.97. The number of ether oxygens (including phenoxy) is 1. The lowest BCUT2D eigenvalue weighted by atomic mass is 9.99. The van der Waals surface area contributed by atoms with Crippen molar-refractivity contribution in [3.8, 4) is 0 Å². The number of nitrogens with zero attached hydrogens (tertiary/aromatic N) is 3. The number of pyridine rings is 1. The Morgan fingerprint density at radius 1 is 1.12 bits per heavy atom. The van der Waals surface area contributed by atoms with E-state index in [9.17, 15) is 0 Å². The van der Waals surface area contributed by atoms with Gasteiger partial charge in [-0.05, 0) is 49.9 Å². The molecule has 0 atom stereocenters. The average molecular weight is 349 g/mol. The van der Waals surface area contributed by atoms with Gasteiger partial charge in [-0.1, -0.05) is 24.3 Å². The molecule has 0 saturated heterocycles. The highest BCUT2D eigenvalue weighted by atomic mass is 16.5. The van der Waals surface area contributed by atoms with Gasteiger partial charge < -0.3 is 14.2 Å². The third-order valence-corrected chi connectivity index (χ3v) is 5.62. The van der Waals surface area contributed by atoms with Crippen LogP contribution in [0.5, 0.6) is 0 Å². The summed E-state index contributed by atoms with van der Waals surface area (Å²) in [7, 11) is 0. The molecule has 0 fully saturated rings. The standard InChI is InChI=1S/C22H27N3O/c1-4-26-14-13-25-17(3)16(2)21-20(25)9-11-23-22(21)24-12-10-18-7-5-6-8-19(18)15-24/h5-9,11H,4,10,12-15H2,1-3H3. The summed E-state index contributed by atoms with van der Waals surface area (Å²) in [6, 6.07) is 10.9. The van der Waals surface area contributed by atoms with E-state index >= 15 is 0 Å². The molecule has 0 unspecified atom stereocenters. The fourth-order valence-electron chi connectivity index (χ4n) is 4.09. The highest BCUT2D eigenvalue weighted by Crippen LogP contribution is 2.34. The molecule has 0 radical (unpaired) electrons. The monoisotopic (exact) mass is 349 g/mol. The molecule has 0 N–H and O–H groups in total. The summed E-state index contributed by atoms with van der Waals surface area (Å²) in [5.74, 6) is 1.12. The molecule has 1 aliphatic heterocycles. The lowest BCUT2D eigenvalue weighted by Crippen LogP contribution is -2.31. The first kappa shape index (κ1) is 17.1. The molecule has 4 rings (SSSR count). The third kappa shape index (κ3) is 2.88. The molecule has 4 heteroatoms. The van der Waals surface area contributed by atoms with Gasteiger partial charge in [0.05, 0.1) is 12.1 Å². The first-order chi connectivity index (χ1) is 12.7. The average Bonchev–Trinajstić information content (AvgIpc) is 2.93. The molecule has 0 amide bonds. The van der Waals surface area contributed by atoms with E-state index in [-0.39, 0.29) is 0 Å². The van der Waals surface area contributed by atoms with Crippen LogP contribution in [-0.4, -0.2) is 29.3 Å². The van der Waals surface area contributed by atoms with E-state index in [1.807, 2.05) is 13.1 Å². The van der Waals surface area contributed by atoms with E-state index < -0.39 is 0 Å². The van der Waals surface area contributed by atoms with Crippen LogP contribution >= 0.6 is 0 Å². The van der Waals surface area contributed by atoms with Crippen molar-refractivity contribution in [1.82, 2.24) is 9.55 Å². The van der Waals surface area contributed by atoms with Gasteiger partial charge in [-0.15, -0.1) is 0 Å². The Bertz CT molecular complexity index is 929. The van der Waals surface area contributed by atoms with Gasteiger partial charge in [-0.2, -0.15) is 0 Å². The van der Waals surface area contributed by atoms with Gasteiger partial charge in [0.2, 0.25) is 0 Å². The highest BCUT2D eigenvalue weighted by molar-refractivity contribution is 5.94. The van der Waals surface area contributed by atoms with Gasteiger partial charge in [0.25, 0.3) is 0 Å². The Hall–Kier alpha value is -2.33. The quantitative estimate of drug-likeness (QED) is 0.645. The van der Waals surface area contributed by atoms with Gasteiger partial charge in [0.15, 0.2) is 0 Å². The van der Waals surface area contributed by atoms with Gasteiger partial charge in [-0.25, -0.2) is 4.98 Å². The van der Waals surface area contributed by atoms with E-state index in [1.165, 1.54) is 33.3 Å². The number of benzene rings is 1. The minimum atomic E-state index is 0.745. The van der Waals surface area contributed by atoms with Crippen molar-refractivity contribution in [2.24, 2.45) is 0 Å². The number of aryl methyl sites for hydroxylation is 1. The van der Waals surface area contributed by atoms with Crippen molar-refractivity contribution in [1.29, 1.82) is 0 Å². The maximum absolute atomic E-state index is 5.59. The Morgan fingerprint density at radius 3 is 2.73 bits per heavy atom. The normalized spacial score (nSPS) is 14.0. The van der Waals surface area contributed by atoms with Crippen LogP contribution in [0, 0.1) is 13.8 Å². The van der Waals surface area contributed by atoms with Gasteiger partial charge in [-0.3, -0.25) is 0 Å². The van der Waals surface area contributed by atoms with E-state index in [2.05, 4.69) is 53.6 Å². The van der Waals surface area contributed by atoms with Crippen LogP contribution < -0.4 is 4.90 Å². The summed E-state index contributed by atoms with van der Waals surface area (Å²) in [6.45, 7) is 10.8. The summed E-state index contributed by atoms with van der Waals surface area (Å²) >= 11 is 0. The molecule has 4 nitrogen and oxygen atoms in total. The highest BCUT2D eigenvalue weighted by Gasteiger charge is 2.22. The minimum Gasteiger partial charge on any atom is -0.380 e. The second-order valence-corrected chi connectivity index (χ2v) is 7.03. The summed E-state index contributed by atoms with van der Waals surface area (Å²) in [4.78, 5) is 7.23. The van der Waals surface area contributed by atoms with Gasteiger partial charge >= 0.3 is 0 Å². The van der Waals surface area contributed by atoms with Crippen LogP contribution in [0.4, 0.5) is 5.82 Å². The van der Waals surface area contributed by atoms with Crippen LogP contribution in [-0.2, 0) is 24.2 Å². The Morgan fingerprint density at radius 2 is 1.92 bits per heavy atom. The molecule has 2 aromatic heterocycles. The van der Waals surface area contributed by atoms with Crippen molar-refractivity contribution in [3.63, 3.8) is 0 Å². The molecule has 1 aromatic carbocycles. The molecule has 26 heavy (non-hydrogen) atoms. The number of hydrogen-bond acceptors (Lipinski definition) is 3. The number of hydrogen-bond donors (Lipinski definition) is 0. The Kier molecular flexibility index (Phi) is 4.68. The molecular formula is C22H27N3O. The molecule has 0 aliphatic carbocycles. The molecule has 1 aliphatic rings. The topological polar surface area (TPSA) is 30.3 Å². The van der Waals surface area contributed by atoms with Crippen molar-refractivity contribution < 1.29 is 4.74 Å². The van der Waals surface area contributed by atoms with Gasteiger partial charge in [0.1, 0.15) is 5.82 Å². The smallest absolute Gasteiger partial charge is 0.138 e. The number of fused-ring (bicyclic) bond motifs is 2. The largest absolute Gasteiger partial charge is 0.380 e. The second-order valence-electron chi connectivity index (χ2n) is 7.03. The van der Waals surface area contributed by atoms with E-state index in [4.69, 9.17) is 9.72 Å². The lowest BCUT2D eigenvalue weighted by Gasteiger charge is -2.30. The van der Waals surface area contributed by atoms with Crippen molar-refractivity contribution in [3.05, 3.63) is 58.9 Å². The lowest BCUT2D eigenvalue weighted by molar-refractivity contribution is 0.139. The zero-order valence-corrected chi connectivity index (χ0v) is 16.0. The minimum absolute atomic E-state index is 0.745. The maximum Gasteiger partial charge on any atom is 0.138 e. The Labute approximate surface area is 155 Å². The van der Waals surface area contributed by atoms with Crippen LogP contribution in [0.2, 0.25) is 0 Å². The van der Waals surface area contributed by atoms with Crippen LogP contribution in [0.3, 0.4) is 0 Å². The number of anilines is 1. The number of rotatable bonds is 5. The fraction of sp³-hybridized carbons (Fsp3) is 0.409. The molecule has 3 aromatic rings. The van der Waals surface area contributed by atoms with Gasteiger partial charge in [0, 0.05) is 43.5 Å². The maximum atomic E-state index is 5.59. The predicted octanol–water partition coefficient (Wildman–Crippen LogP) is 4.25. The van der Waals surface area contributed by atoms with E-state index in [1.54, 1.807) is 0 Å². The SMILES string of the molecule is CCOCCn1c(C)c(C)c2c(N3CCc4ccccc4C3)nccc21. The van der Waals surface area contributed by atoms with E-state index in [0.29, 0.717) is 0 Å². The fourth-order valence-corrected chi connectivity index (χ4v) is 4.09. The van der Waals surface area contributed by atoms with E-state index in [0.717, 1.165) is 45.1 Å². The van der Waals surface area contributed by atoms with Crippen LogP contribution in [0.1, 0.15) is 29.3 Å². The number of aromatic nitrogens is 2. The molecule has 0 spiro atoms. The summed E-state index contributed by atoms with van der Waals surface area (Å²) in [5.41, 5.74) is 6.80. The van der Waals surface area contributed by atoms with Crippen molar-refractivity contribution in [2.45, 2.75) is 40.3 Å². The van der Waals surface area contributed by atoms with Crippen molar-refractivity contribution in [2.75, 3.05) is 24.7 Å². The van der Waals surface area contributed by atoms with Crippen molar-refractivity contribution >= 4 is 16.7 Å². The molecule has 0 bridgehead atoms. The molecular weight excluding hydrogens is 322 g/mol.